The molecule has 0 aromatic carbocycles. The van der Waals surface area contributed by atoms with E-state index in [1.54, 1.807) is 6.20 Å². The number of halogens is 2. The molecule has 102 valence electrons. The summed E-state index contributed by atoms with van der Waals surface area (Å²) in [5.74, 6) is 2.37. The Labute approximate surface area is 122 Å². The molecule has 1 aliphatic rings. The molecule has 0 unspecified atom stereocenters. The maximum absolute atomic E-state index is 5.99. The summed E-state index contributed by atoms with van der Waals surface area (Å²) in [6.45, 7) is 1.01. The van der Waals surface area contributed by atoms with Crippen LogP contribution < -0.4 is 0 Å². The van der Waals surface area contributed by atoms with Crippen molar-refractivity contribution in [1.29, 1.82) is 0 Å². The first-order valence-corrected chi connectivity index (χ1v) is 7.76. The first-order valence-electron chi connectivity index (χ1n) is 6.84. The molecular formula is C14H17Cl2N3. The van der Waals surface area contributed by atoms with E-state index in [0.717, 1.165) is 35.9 Å². The van der Waals surface area contributed by atoms with E-state index in [9.17, 15) is 0 Å². The molecule has 3 rings (SSSR count). The van der Waals surface area contributed by atoms with Crippen molar-refractivity contribution in [2.45, 2.75) is 38.6 Å². The van der Waals surface area contributed by atoms with Gasteiger partial charge in [-0.25, -0.2) is 9.97 Å². The molecule has 2 heterocycles. The van der Waals surface area contributed by atoms with Gasteiger partial charge in [-0.2, -0.15) is 0 Å². The van der Waals surface area contributed by atoms with Crippen LogP contribution in [0.4, 0.5) is 0 Å². The van der Waals surface area contributed by atoms with Crippen molar-refractivity contribution in [3.05, 3.63) is 23.1 Å². The van der Waals surface area contributed by atoms with Crippen LogP contribution in [0.15, 0.2) is 12.3 Å². The highest BCUT2D eigenvalue weighted by Crippen LogP contribution is 2.28. The first kappa shape index (κ1) is 13.2. The molecule has 0 radical (unpaired) electrons. The fourth-order valence-electron chi connectivity index (χ4n) is 2.95. The number of aromatic nitrogens is 3. The number of hydrogen-bond acceptors (Lipinski definition) is 2. The molecule has 1 aliphatic carbocycles. The standard InChI is InChI=1S/C14H17Cl2N3/c15-6-5-13-18-12-7-11(16)8-17-14(12)19(13)9-10-3-1-2-4-10/h7-8,10H,1-6,9H2. The van der Waals surface area contributed by atoms with Crippen LogP contribution in [0.1, 0.15) is 31.5 Å². The zero-order valence-electron chi connectivity index (χ0n) is 10.8. The molecule has 0 saturated heterocycles. The number of imidazole rings is 1. The average Bonchev–Trinajstić information content (AvgIpc) is 2.99. The van der Waals surface area contributed by atoms with Crippen LogP contribution in [0.2, 0.25) is 5.02 Å². The van der Waals surface area contributed by atoms with Gasteiger partial charge in [0.05, 0.1) is 5.02 Å². The SMILES string of the molecule is ClCCc1nc2cc(Cl)cnc2n1CC1CCCC1. The quantitative estimate of drug-likeness (QED) is 0.797. The lowest BCUT2D eigenvalue weighted by Crippen LogP contribution is -2.11. The second-order valence-electron chi connectivity index (χ2n) is 5.22. The first-order chi connectivity index (χ1) is 9.28. The van der Waals surface area contributed by atoms with Gasteiger partial charge in [0.1, 0.15) is 11.3 Å². The monoisotopic (exact) mass is 297 g/mol. The van der Waals surface area contributed by atoms with Crippen molar-refractivity contribution in [1.82, 2.24) is 14.5 Å². The number of alkyl halides is 1. The minimum atomic E-state index is 0.585. The number of fused-ring (bicyclic) bond motifs is 1. The highest BCUT2D eigenvalue weighted by atomic mass is 35.5. The van der Waals surface area contributed by atoms with E-state index in [-0.39, 0.29) is 0 Å². The van der Waals surface area contributed by atoms with E-state index >= 15 is 0 Å². The summed E-state index contributed by atoms with van der Waals surface area (Å²) in [5.41, 5.74) is 1.82. The second-order valence-corrected chi connectivity index (χ2v) is 6.04. The number of pyridine rings is 1. The fraction of sp³-hybridized carbons (Fsp3) is 0.571. The van der Waals surface area contributed by atoms with Gasteiger partial charge in [0.25, 0.3) is 0 Å². The Kier molecular flexibility index (Phi) is 3.94. The third-order valence-electron chi connectivity index (χ3n) is 3.86. The van der Waals surface area contributed by atoms with E-state index in [1.165, 1.54) is 25.7 Å². The fourth-order valence-corrected chi connectivity index (χ4v) is 3.27. The summed E-state index contributed by atoms with van der Waals surface area (Å²) in [4.78, 5) is 9.09. The van der Waals surface area contributed by atoms with Crippen molar-refractivity contribution >= 4 is 34.4 Å². The van der Waals surface area contributed by atoms with E-state index in [1.807, 2.05) is 6.07 Å². The molecule has 0 bridgehead atoms. The van der Waals surface area contributed by atoms with Crippen molar-refractivity contribution < 1.29 is 0 Å². The Morgan fingerprint density at radius 1 is 1.32 bits per heavy atom. The van der Waals surface area contributed by atoms with Gasteiger partial charge < -0.3 is 4.57 Å². The normalized spacial score (nSPS) is 16.5. The lowest BCUT2D eigenvalue weighted by atomic mass is 10.1. The van der Waals surface area contributed by atoms with Crippen LogP contribution in [-0.4, -0.2) is 20.4 Å². The summed E-state index contributed by atoms with van der Waals surface area (Å²) in [7, 11) is 0. The molecule has 1 saturated carbocycles. The van der Waals surface area contributed by atoms with Crippen molar-refractivity contribution in [3.8, 4) is 0 Å². The van der Waals surface area contributed by atoms with Gasteiger partial charge in [0, 0.05) is 25.0 Å². The number of aryl methyl sites for hydroxylation is 1. The minimum Gasteiger partial charge on any atom is -0.312 e. The van der Waals surface area contributed by atoms with Crippen molar-refractivity contribution in [2.75, 3.05) is 5.88 Å². The zero-order valence-corrected chi connectivity index (χ0v) is 12.3. The highest BCUT2D eigenvalue weighted by Gasteiger charge is 2.19. The summed E-state index contributed by atoms with van der Waals surface area (Å²) in [5, 5.41) is 0.635. The molecule has 0 atom stereocenters. The molecule has 2 aromatic heterocycles. The minimum absolute atomic E-state index is 0.585. The smallest absolute Gasteiger partial charge is 0.160 e. The van der Waals surface area contributed by atoms with Gasteiger partial charge in [0.15, 0.2) is 5.65 Å². The highest BCUT2D eigenvalue weighted by molar-refractivity contribution is 6.31. The molecular weight excluding hydrogens is 281 g/mol. The third-order valence-corrected chi connectivity index (χ3v) is 4.26. The molecule has 19 heavy (non-hydrogen) atoms. The topological polar surface area (TPSA) is 30.7 Å². The van der Waals surface area contributed by atoms with Crippen LogP contribution in [0, 0.1) is 5.92 Å². The van der Waals surface area contributed by atoms with Crippen LogP contribution in [0.3, 0.4) is 0 Å². The Hall–Kier alpha value is -0.800. The van der Waals surface area contributed by atoms with Gasteiger partial charge in [-0.15, -0.1) is 11.6 Å². The molecule has 1 fully saturated rings. The third kappa shape index (κ3) is 2.72. The maximum atomic E-state index is 5.99. The number of nitrogens with zero attached hydrogens (tertiary/aromatic N) is 3. The Morgan fingerprint density at radius 3 is 2.84 bits per heavy atom. The lowest BCUT2D eigenvalue weighted by molar-refractivity contribution is 0.454. The van der Waals surface area contributed by atoms with Crippen LogP contribution in [0.5, 0.6) is 0 Å². The Morgan fingerprint density at radius 2 is 2.11 bits per heavy atom. The summed E-state index contributed by atoms with van der Waals surface area (Å²) in [6.07, 6.45) is 7.80. The largest absolute Gasteiger partial charge is 0.312 e. The molecule has 0 amide bonds. The van der Waals surface area contributed by atoms with E-state index < -0.39 is 0 Å². The number of rotatable bonds is 4. The van der Waals surface area contributed by atoms with Crippen LogP contribution >= 0.6 is 23.2 Å². The van der Waals surface area contributed by atoms with Crippen molar-refractivity contribution in [2.24, 2.45) is 5.92 Å². The van der Waals surface area contributed by atoms with Gasteiger partial charge in [-0.1, -0.05) is 24.4 Å². The molecule has 0 spiro atoms. The van der Waals surface area contributed by atoms with Crippen LogP contribution in [0.25, 0.3) is 11.2 Å². The Bertz CT molecular complexity index is 573. The molecule has 2 aromatic rings. The van der Waals surface area contributed by atoms with Gasteiger partial charge >= 0.3 is 0 Å². The maximum Gasteiger partial charge on any atom is 0.160 e. The predicted octanol–water partition coefficient (Wildman–Crippen LogP) is 4.06. The van der Waals surface area contributed by atoms with Crippen LogP contribution in [-0.2, 0) is 13.0 Å². The molecule has 3 nitrogen and oxygen atoms in total. The average molecular weight is 298 g/mol. The second kappa shape index (κ2) is 5.68. The molecule has 5 heteroatoms. The van der Waals surface area contributed by atoms with Gasteiger partial charge in [-0.3, -0.25) is 0 Å². The molecule has 0 N–H and O–H groups in total. The van der Waals surface area contributed by atoms with Gasteiger partial charge in [0.2, 0.25) is 0 Å². The summed E-state index contributed by atoms with van der Waals surface area (Å²) < 4.78 is 2.24. The van der Waals surface area contributed by atoms with E-state index in [2.05, 4.69) is 14.5 Å². The lowest BCUT2D eigenvalue weighted by Gasteiger charge is -2.13. The van der Waals surface area contributed by atoms with Crippen molar-refractivity contribution in [3.63, 3.8) is 0 Å². The predicted molar refractivity (Wildman–Crippen MR) is 78.9 cm³/mol. The van der Waals surface area contributed by atoms with E-state index in [0.29, 0.717) is 10.9 Å². The van der Waals surface area contributed by atoms with Gasteiger partial charge in [-0.05, 0) is 24.8 Å². The number of hydrogen-bond donors (Lipinski definition) is 0. The zero-order chi connectivity index (χ0) is 13.2. The molecule has 0 aliphatic heterocycles. The Balaban J connectivity index is 2.00. The summed E-state index contributed by atoms with van der Waals surface area (Å²) in [6, 6.07) is 1.88. The summed E-state index contributed by atoms with van der Waals surface area (Å²) >= 11 is 11.9. The van der Waals surface area contributed by atoms with E-state index in [4.69, 9.17) is 23.2 Å².